The summed E-state index contributed by atoms with van der Waals surface area (Å²) in [6, 6.07) is 5.65. The van der Waals surface area contributed by atoms with Crippen LogP contribution >= 0.6 is 0 Å². The molecule has 128 valence electrons. The molecule has 5 heteroatoms. The minimum Gasteiger partial charge on any atom is -0.374 e. The van der Waals surface area contributed by atoms with Gasteiger partial charge >= 0.3 is 0 Å². The van der Waals surface area contributed by atoms with Crippen molar-refractivity contribution < 1.29 is 14.0 Å². The molecule has 1 fully saturated rings. The van der Waals surface area contributed by atoms with Gasteiger partial charge in [0.05, 0.1) is 6.54 Å². The lowest BCUT2D eigenvalue weighted by molar-refractivity contribution is -0.128. The normalized spacial score (nSPS) is 18.8. The standard InChI is InChI=1S/C19H23FN2O2/c1-14(23)22-12-9-18(21-10-3-2-4-11-21)17(13-22)19(24)15-5-7-16(20)8-6-15/h5-8H,2-4,9-13H2,1H3. The monoisotopic (exact) mass is 330 g/mol. The first-order valence-corrected chi connectivity index (χ1v) is 8.59. The first-order chi connectivity index (χ1) is 11.6. The highest BCUT2D eigenvalue weighted by Crippen LogP contribution is 2.27. The Bertz CT molecular complexity index is 660. The number of piperidine rings is 1. The average molecular weight is 330 g/mol. The maximum Gasteiger partial charge on any atom is 0.219 e. The van der Waals surface area contributed by atoms with Crippen molar-refractivity contribution in [1.29, 1.82) is 0 Å². The van der Waals surface area contributed by atoms with Crippen LogP contribution in [0.25, 0.3) is 0 Å². The van der Waals surface area contributed by atoms with Gasteiger partial charge < -0.3 is 9.80 Å². The Labute approximate surface area is 141 Å². The highest BCUT2D eigenvalue weighted by molar-refractivity contribution is 6.09. The van der Waals surface area contributed by atoms with Crippen LogP contribution in [0, 0.1) is 5.82 Å². The molecule has 1 amide bonds. The number of halogens is 1. The van der Waals surface area contributed by atoms with Gasteiger partial charge in [0.1, 0.15) is 5.82 Å². The summed E-state index contributed by atoms with van der Waals surface area (Å²) in [5, 5.41) is 0. The Morgan fingerprint density at radius 2 is 1.67 bits per heavy atom. The molecule has 0 unspecified atom stereocenters. The first kappa shape index (κ1) is 16.7. The van der Waals surface area contributed by atoms with Crippen molar-refractivity contribution in [2.45, 2.75) is 32.6 Å². The highest BCUT2D eigenvalue weighted by Gasteiger charge is 2.29. The summed E-state index contributed by atoms with van der Waals surface area (Å²) in [4.78, 5) is 28.8. The van der Waals surface area contributed by atoms with Crippen LogP contribution in [0.1, 0.15) is 43.0 Å². The maximum absolute atomic E-state index is 13.1. The van der Waals surface area contributed by atoms with Crippen molar-refractivity contribution >= 4 is 11.7 Å². The van der Waals surface area contributed by atoms with E-state index in [0.29, 0.717) is 30.6 Å². The third kappa shape index (κ3) is 3.50. The van der Waals surface area contributed by atoms with Crippen LogP contribution in [-0.2, 0) is 4.79 Å². The smallest absolute Gasteiger partial charge is 0.219 e. The van der Waals surface area contributed by atoms with Crippen molar-refractivity contribution in [1.82, 2.24) is 9.80 Å². The molecular formula is C19H23FN2O2. The zero-order valence-corrected chi connectivity index (χ0v) is 14.1. The summed E-state index contributed by atoms with van der Waals surface area (Å²) >= 11 is 0. The summed E-state index contributed by atoms with van der Waals surface area (Å²) in [6.45, 7) is 4.47. The molecule has 2 aliphatic heterocycles. The Kier molecular flexibility index (Phi) is 4.97. The molecule has 0 aliphatic carbocycles. The molecule has 3 rings (SSSR count). The van der Waals surface area contributed by atoms with E-state index < -0.39 is 0 Å². The van der Waals surface area contributed by atoms with E-state index in [1.54, 1.807) is 4.90 Å². The van der Waals surface area contributed by atoms with Gasteiger partial charge in [0, 0.05) is 49.8 Å². The van der Waals surface area contributed by atoms with Crippen molar-refractivity contribution in [3.8, 4) is 0 Å². The summed E-state index contributed by atoms with van der Waals surface area (Å²) in [6.07, 6.45) is 4.21. The molecule has 2 heterocycles. The van der Waals surface area contributed by atoms with Gasteiger partial charge in [-0.1, -0.05) is 0 Å². The highest BCUT2D eigenvalue weighted by atomic mass is 19.1. The van der Waals surface area contributed by atoms with E-state index in [-0.39, 0.29) is 17.5 Å². The molecule has 1 saturated heterocycles. The van der Waals surface area contributed by atoms with E-state index in [4.69, 9.17) is 0 Å². The summed E-state index contributed by atoms with van der Waals surface area (Å²) < 4.78 is 13.1. The van der Waals surface area contributed by atoms with Crippen LogP contribution in [0.15, 0.2) is 35.5 Å². The van der Waals surface area contributed by atoms with Crippen LogP contribution in [-0.4, -0.2) is 47.7 Å². The quantitative estimate of drug-likeness (QED) is 0.800. The summed E-state index contributed by atoms with van der Waals surface area (Å²) in [7, 11) is 0. The number of rotatable bonds is 3. The number of amides is 1. The van der Waals surface area contributed by atoms with Crippen molar-refractivity contribution in [2.24, 2.45) is 0 Å². The van der Waals surface area contributed by atoms with E-state index in [2.05, 4.69) is 4.90 Å². The number of hydrogen-bond acceptors (Lipinski definition) is 3. The number of hydrogen-bond donors (Lipinski definition) is 0. The molecule has 0 saturated carbocycles. The Morgan fingerprint density at radius 3 is 2.29 bits per heavy atom. The fourth-order valence-corrected chi connectivity index (χ4v) is 3.51. The van der Waals surface area contributed by atoms with Crippen LogP contribution in [0.2, 0.25) is 0 Å². The summed E-state index contributed by atoms with van der Waals surface area (Å²) in [5.41, 5.74) is 2.23. The molecular weight excluding hydrogens is 307 g/mol. The lowest BCUT2D eigenvalue weighted by atomic mass is 9.95. The van der Waals surface area contributed by atoms with Crippen LogP contribution in [0.5, 0.6) is 0 Å². The second-order valence-corrected chi connectivity index (χ2v) is 6.50. The van der Waals surface area contributed by atoms with E-state index in [1.807, 2.05) is 0 Å². The van der Waals surface area contributed by atoms with E-state index >= 15 is 0 Å². The number of nitrogens with zero attached hydrogens (tertiary/aromatic N) is 2. The molecule has 0 aromatic heterocycles. The van der Waals surface area contributed by atoms with Gasteiger partial charge in [0.15, 0.2) is 5.78 Å². The molecule has 0 N–H and O–H groups in total. The number of likely N-dealkylation sites (tertiary alicyclic amines) is 1. The molecule has 2 aliphatic rings. The van der Waals surface area contributed by atoms with Crippen LogP contribution in [0.3, 0.4) is 0 Å². The van der Waals surface area contributed by atoms with Crippen molar-refractivity contribution in [3.63, 3.8) is 0 Å². The molecule has 4 nitrogen and oxygen atoms in total. The van der Waals surface area contributed by atoms with Gasteiger partial charge in [-0.2, -0.15) is 0 Å². The van der Waals surface area contributed by atoms with Crippen LogP contribution in [0.4, 0.5) is 4.39 Å². The second-order valence-electron chi connectivity index (χ2n) is 6.50. The lowest BCUT2D eigenvalue weighted by Crippen LogP contribution is -2.42. The number of ketones is 1. The SMILES string of the molecule is CC(=O)N1CCC(N2CCCCC2)=C(C(=O)c2ccc(F)cc2)C1. The van der Waals surface area contributed by atoms with Gasteiger partial charge in [0.2, 0.25) is 5.91 Å². The number of carbonyl (C=O) groups excluding carboxylic acids is 2. The average Bonchev–Trinajstić information content (AvgIpc) is 2.62. The minimum atomic E-state index is -0.356. The fourth-order valence-electron chi connectivity index (χ4n) is 3.51. The molecule has 0 atom stereocenters. The lowest BCUT2D eigenvalue weighted by Gasteiger charge is -2.38. The topological polar surface area (TPSA) is 40.6 Å². The van der Waals surface area contributed by atoms with Crippen LogP contribution < -0.4 is 0 Å². The predicted octanol–water partition coefficient (Wildman–Crippen LogP) is 3.00. The predicted molar refractivity (Wildman–Crippen MR) is 90.1 cm³/mol. The second kappa shape index (κ2) is 7.16. The zero-order chi connectivity index (χ0) is 17.1. The molecule has 24 heavy (non-hydrogen) atoms. The van der Waals surface area contributed by atoms with Gasteiger partial charge in [-0.25, -0.2) is 4.39 Å². The molecule has 1 aromatic rings. The van der Waals surface area contributed by atoms with Gasteiger partial charge in [0.25, 0.3) is 0 Å². The molecule has 1 aromatic carbocycles. The van der Waals surface area contributed by atoms with Crippen molar-refractivity contribution in [2.75, 3.05) is 26.2 Å². The fraction of sp³-hybridized carbons (Fsp3) is 0.474. The van der Waals surface area contributed by atoms with E-state index in [9.17, 15) is 14.0 Å². The molecule has 0 spiro atoms. The third-order valence-electron chi connectivity index (χ3n) is 4.88. The number of carbonyl (C=O) groups is 2. The van der Waals surface area contributed by atoms with Gasteiger partial charge in [-0.15, -0.1) is 0 Å². The number of benzene rings is 1. The molecule has 0 radical (unpaired) electrons. The Morgan fingerprint density at radius 1 is 1.00 bits per heavy atom. The van der Waals surface area contributed by atoms with Gasteiger partial charge in [-0.05, 0) is 43.5 Å². The van der Waals surface area contributed by atoms with Gasteiger partial charge in [-0.3, -0.25) is 9.59 Å². The summed E-state index contributed by atoms with van der Waals surface area (Å²) in [5.74, 6) is -0.468. The Balaban J connectivity index is 1.94. The maximum atomic E-state index is 13.1. The third-order valence-corrected chi connectivity index (χ3v) is 4.88. The molecule has 0 bridgehead atoms. The largest absolute Gasteiger partial charge is 0.374 e. The Hall–Kier alpha value is -2.17. The van der Waals surface area contributed by atoms with E-state index in [1.165, 1.54) is 37.6 Å². The number of Topliss-reactive ketones (excluding diaryl/α,β-unsaturated/α-hetero) is 1. The van der Waals surface area contributed by atoms with Crippen molar-refractivity contribution in [3.05, 3.63) is 46.9 Å². The zero-order valence-electron chi connectivity index (χ0n) is 14.1. The minimum absolute atomic E-state index is 0.0166. The van der Waals surface area contributed by atoms with E-state index in [0.717, 1.165) is 31.6 Å². The first-order valence-electron chi connectivity index (χ1n) is 8.59.